The maximum absolute atomic E-state index is 12.7. The van der Waals surface area contributed by atoms with Gasteiger partial charge in [-0.2, -0.15) is 5.10 Å². The number of fused-ring (bicyclic) bond motifs is 1. The maximum atomic E-state index is 12.7. The Morgan fingerprint density at radius 2 is 1.77 bits per heavy atom. The predicted octanol–water partition coefficient (Wildman–Crippen LogP) is 4.47. The maximum Gasteiger partial charge on any atom is 0.254 e. The number of benzene rings is 2. The summed E-state index contributed by atoms with van der Waals surface area (Å²) in [6.07, 6.45) is 6.36. The summed E-state index contributed by atoms with van der Waals surface area (Å²) in [6.45, 7) is 2.52. The van der Waals surface area contributed by atoms with Gasteiger partial charge in [0, 0.05) is 18.3 Å². The zero-order valence-corrected chi connectivity index (χ0v) is 17.8. The summed E-state index contributed by atoms with van der Waals surface area (Å²) >= 11 is 0. The number of unbranched alkanes of at least 4 members (excludes halogenated alkanes) is 1. The molecule has 6 nitrogen and oxygen atoms in total. The number of rotatable bonds is 8. The zero-order chi connectivity index (χ0) is 21.6. The van der Waals surface area contributed by atoms with Crippen molar-refractivity contribution in [3.8, 4) is 16.9 Å². The molecule has 0 atom stereocenters. The Hall–Kier alpha value is -3.67. The van der Waals surface area contributed by atoms with Crippen LogP contribution in [0.15, 0.2) is 67.0 Å². The summed E-state index contributed by atoms with van der Waals surface area (Å²) in [7, 11) is 1.64. The minimum Gasteiger partial charge on any atom is -0.496 e. The topological polar surface area (TPSA) is 68.5 Å². The van der Waals surface area contributed by atoms with Crippen LogP contribution in [0.25, 0.3) is 16.8 Å². The molecule has 4 aromatic rings. The molecule has 0 radical (unpaired) electrons. The van der Waals surface area contributed by atoms with Gasteiger partial charge in [-0.15, -0.1) is 0 Å². The number of hydrogen-bond donors (Lipinski definition) is 1. The van der Waals surface area contributed by atoms with Crippen LogP contribution in [0, 0.1) is 6.92 Å². The van der Waals surface area contributed by atoms with Crippen LogP contribution in [0.4, 0.5) is 0 Å². The molecule has 158 valence electrons. The summed E-state index contributed by atoms with van der Waals surface area (Å²) in [4.78, 5) is 17.3. The van der Waals surface area contributed by atoms with Crippen molar-refractivity contribution in [3.05, 3.63) is 83.8 Å². The minimum atomic E-state index is -0.124. The first-order chi connectivity index (χ1) is 15.2. The highest BCUT2D eigenvalue weighted by Crippen LogP contribution is 2.32. The van der Waals surface area contributed by atoms with E-state index in [0.717, 1.165) is 41.8 Å². The molecule has 31 heavy (non-hydrogen) atoms. The first-order valence-electron chi connectivity index (χ1n) is 10.5. The Morgan fingerprint density at radius 1 is 1.00 bits per heavy atom. The molecule has 0 fully saturated rings. The molecule has 0 bridgehead atoms. The van der Waals surface area contributed by atoms with Crippen LogP contribution in [0.1, 0.15) is 34.5 Å². The van der Waals surface area contributed by atoms with Crippen molar-refractivity contribution in [2.24, 2.45) is 0 Å². The quantitative estimate of drug-likeness (QED) is 0.432. The van der Waals surface area contributed by atoms with E-state index >= 15 is 0 Å². The third kappa shape index (κ3) is 4.43. The number of carbonyl (C=O) groups excluding carboxylic acids is 1. The fourth-order valence-electron chi connectivity index (χ4n) is 3.72. The Balaban J connectivity index is 1.44. The standard InChI is InChI=1S/C25H26N4O2/c1-18-21(25(30)26-15-9-8-12-19-10-4-3-5-11-19)16-27-24-22(17-28-29(18)24)20-13-6-7-14-23(20)31-2/h3-7,10-11,13-14,16-17H,8-9,12,15H2,1-2H3,(H,26,30). The Bertz CT molecular complexity index is 1180. The van der Waals surface area contributed by atoms with Gasteiger partial charge in [-0.25, -0.2) is 9.50 Å². The average Bonchev–Trinajstić information content (AvgIpc) is 3.24. The van der Waals surface area contributed by atoms with Crippen LogP contribution >= 0.6 is 0 Å². The molecule has 0 unspecified atom stereocenters. The molecular weight excluding hydrogens is 388 g/mol. The molecule has 0 aliphatic carbocycles. The Morgan fingerprint density at radius 3 is 2.58 bits per heavy atom. The second-order valence-corrected chi connectivity index (χ2v) is 7.45. The highest BCUT2D eigenvalue weighted by molar-refractivity contribution is 5.95. The number of carbonyl (C=O) groups is 1. The van der Waals surface area contributed by atoms with E-state index in [0.29, 0.717) is 17.8 Å². The highest BCUT2D eigenvalue weighted by Gasteiger charge is 2.17. The van der Waals surface area contributed by atoms with Gasteiger partial charge in [-0.1, -0.05) is 48.5 Å². The van der Waals surface area contributed by atoms with Crippen molar-refractivity contribution in [2.45, 2.75) is 26.2 Å². The van der Waals surface area contributed by atoms with Crippen molar-refractivity contribution in [3.63, 3.8) is 0 Å². The molecule has 4 rings (SSSR count). The third-order valence-corrected chi connectivity index (χ3v) is 5.43. The van der Waals surface area contributed by atoms with Crippen molar-refractivity contribution in [2.75, 3.05) is 13.7 Å². The van der Waals surface area contributed by atoms with Crippen LogP contribution < -0.4 is 10.1 Å². The number of methoxy groups -OCH3 is 1. The van der Waals surface area contributed by atoms with Crippen LogP contribution in [0.5, 0.6) is 5.75 Å². The zero-order valence-electron chi connectivity index (χ0n) is 17.8. The lowest BCUT2D eigenvalue weighted by atomic mass is 10.1. The lowest BCUT2D eigenvalue weighted by molar-refractivity contribution is 0.0951. The van der Waals surface area contributed by atoms with Crippen LogP contribution in [0.2, 0.25) is 0 Å². The number of nitrogens with zero attached hydrogens (tertiary/aromatic N) is 3. The molecule has 0 saturated carbocycles. The molecule has 2 heterocycles. The molecule has 0 aliphatic heterocycles. The van der Waals surface area contributed by atoms with Gasteiger partial charge in [0.25, 0.3) is 5.91 Å². The first kappa shape index (κ1) is 20.6. The van der Waals surface area contributed by atoms with Crippen molar-refractivity contribution < 1.29 is 9.53 Å². The summed E-state index contributed by atoms with van der Waals surface area (Å²) in [5.41, 5.74) is 5.10. The van der Waals surface area contributed by atoms with Gasteiger partial charge < -0.3 is 10.1 Å². The molecule has 0 aliphatic rings. The monoisotopic (exact) mass is 414 g/mol. The number of aryl methyl sites for hydroxylation is 2. The van der Waals surface area contributed by atoms with Crippen molar-refractivity contribution in [1.82, 2.24) is 19.9 Å². The second kappa shape index (κ2) is 9.43. The van der Waals surface area contributed by atoms with E-state index in [1.165, 1.54) is 5.56 Å². The molecular formula is C25H26N4O2. The number of amides is 1. The molecule has 1 amide bonds. The van der Waals surface area contributed by atoms with E-state index in [1.807, 2.05) is 37.3 Å². The van der Waals surface area contributed by atoms with Gasteiger partial charge in [0.15, 0.2) is 5.65 Å². The van der Waals surface area contributed by atoms with E-state index < -0.39 is 0 Å². The summed E-state index contributed by atoms with van der Waals surface area (Å²) in [5.74, 6) is 0.634. The van der Waals surface area contributed by atoms with Gasteiger partial charge in [0.05, 0.1) is 30.1 Å². The number of hydrogen-bond acceptors (Lipinski definition) is 4. The van der Waals surface area contributed by atoms with Gasteiger partial charge >= 0.3 is 0 Å². The van der Waals surface area contributed by atoms with E-state index in [1.54, 1.807) is 24.0 Å². The molecule has 2 aromatic heterocycles. The summed E-state index contributed by atoms with van der Waals surface area (Å²) < 4.78 is 7.19. The van der Waals surface area contributed by atoms with Gasteiger partial charge in [0.2, 0.25) is 0 Å². The number of aromatic nitrogens is 3. The average molecular weight is 415 g/mol. The third-order valence-electron chi connectivity index (χ3n) is 5.43. The summed E-state index contributed by atoms with van der Waals surface area (Å²) in [5, 5.41) is 7.48. The Kier molecular flexibility index (Phi) is 6.26. The van der Waals surface area contributed by atoms with Crippen molar-refractivity contribution >= 4 is 11.6 Å². The van der Waals surface area contributed by atoms with Crippen LogP contribution in [-0.4, -0.2) is 34.2 Å². The lowest BCUT2D eigenvalue weighted by Crippen LogP contribution is -2.26. The fourth-order valence-corrected chi connectivity index (χ4v) is 3.72. The van der Waals surface area contributed by atoms with E-state index in [2.05, 4.69) is 39.7 Å². The summed E-state index contributed by atoms with van der Waals surface area (Å²) in [6, 6.07) is 18.2. The SMILES string of the molecule is COc1ccccc1-c1cnn2c(C)c(C(=O)NCCCCc3ccccc3)cnc12. The molecule has 1 N–H and O–H groups in total. The number of ether oxygens (including phenoxy) is 1. The smallest absolute Gasteiger partial charge is 0.254 e. The lowest BCUT2D eigenvalue weighted by Gasteiger charge is -2.10. The second-order valence-electron chi connectivity index (χ2n) is 7.45. The van der Waals surface area contributed by atoms with Gasteiger partial charge in [-0.3, -0.25) is 4.79 Å². The van der Waals surface area contributed by atoms with Gasteiger partial charge in [0.1, 0.15) is 5.75 Å². The van der Waals surface area contributed by atoms with Crippen LogP contribution in [0.3, 0.4) is 0 Å². The van der Waals surface area contributed by atoms with Crippen LogP contribution in [-0.2, 0) is 6.42 Å². The first-order valence-corrected chi connectivity index (χ1v) is 10.5. The normalized spacial score (nSPS) is 10.9. The fraction of sp³-hybridized carbons (Fsp3) is 0.240. The molecule has 0 saturated heterocycles. The van der Waals surface area contributed by atoms with E-state index in [-0.39, 0.29) is 5.91 Å². The largest absolute Gasteiger partial charge is 0.496 e. The number of nitrogens with one attached hydrogen (secondary N) is 1. The van der Waals surface area contributed by atoms with Crippen molar-refractivity contribution in [1.29, 1.82) is 0 Å². The molecule has 2 aromatic carbocycles. The van der Waals surface area contributed by atoms with E-state index in [9.17, 15) is 4.79 Å². The molecule has 0 spiro atoms. The predicted molar refractivity (Wildman–Crippen MR) is 121 cm³/mol. The Labute approximate surface area is 181 Å². The minimum absolute atomic E-state index is 0.124. The highest BCUT2D eigenvalue weighted by atomic mass is 16.5. The molecule has 6 heteroatoms. The van der Waals surface area contributed by atoms with Gasteiger partial charge in [-0.05, 0) is 37.8 Å². The number of para-hydroxylation sites is 1. The van der Waals surface area contributed by atoms with E-state index in [4.69, 9.17) is 4.74 Å².